The van der Waals surface area contributed by atoms with Gasteiger partial charge in [0.2, 0.25) is 15.9 Å². The lowest BCUT2D eigenvalue weighted by atomic mass is 10.1. The number of aromatic nitrogens is 1. The van der Waals surface area contributed by atoms with Gasteiger partial charge in [-0.25, -0.2) is 12.8 Å². The first-order chi connectivity index (χ1) is 19.9. The maximum atomic E-state index is 14.1. The fourth-order valence-corrected chi connectivity index (χ4v) is 7.34. The summed E-state index contributed by atoms with van der Waals surface area (Å²) in [6, 6.07) is 23.7. The van der Waals surface area contributed by atoms with Crippen molar-refractivity contribution in [1.29, 1.82) is 0 Å². The van der Waals surface area contributed by atoms with Crippen LogP contribution in [0.2, 0.25) is 0 Å². The van der Waals surface area contributed by atoms with Crippen LogP contribution in [0.5, 0.6) is 0 Å². The van der Waals surface area contributed by atoms with Crippen LogP contribution in [0.3, 0.4) is 0 Å². The van der Waals surface area contributed by atoms with E-state index in [1.165, 1.54) is 16.4 Å². The summed E-state index contributed by atoms with van der Waals surface area (Å²) in [7, 11) is -3.94. The Morgan fingerprint density at radius 3 is 2.12 bits per heavy atom. The maximum Gasteiger partial charge on any atom is 0.244 e. The highest BCUT2D eigenvalue weighted by Crippen LogP contribution is 2.26. The molecule has 0 N–H and O–H groups in total. The monoisotopic (exact) mass is 589 g/mol. The number of hydrogen-bond acceptors (Lipinski definition) is 3. The summed E-state index contributed by atoms with van der Waals surface area (Å²) in [6.07, 6.45) is 1.93. The fraction of sp³-hybridized carbons (Fsp3) is 0.324. The van der Waals surface area contributed by atoms with Crippen LogP contribution in [0.1, 0.15) is 47.4 Å². The molecule has 0 aliphatic heterocycles. The van der Waals surface area contributed by atoms with E-state index in [-0.39, 0.29) is 35.6 Å². The van der Waals surface area contributed by atoms with Crippen LogP contribution >= 0.6 is 0 Å². The third kappa shape index (κ3) is 7.75. The van der Waals surface area contributed by atoms with Gasteiger partial charge < -0.3 is 9.47 Å². The van der Waals surface area contributed by atoms with E-state index in [1.807, 2.05) is 86.1 Å². The van der Waals surface area contributed by atoms with Gasteiger partial charge in [0, 0.05) is 31.5 Å². The van der Waals surface area contributed by atoms with Gasteiger partial charge in [-0.2, -0.15) is 4.31 Å². The third-order valence-corrected chi connectivity index (χ3v) is 9.31. The van der Waals surface area contributed by atoms with Crippen LogP contribution in [0, 0.1) is 32.5 Å². The molecule has 4 rings (SSSR count). The van der Waals surface area contributed by atoms with E-state index in [1.54, 1.807) is 30.9 Å². The molecular weight excluding hydrogens is 549 g/mol. The zero-order valence-corrected chi connectivity index (χ0v) is 25.9. The molecule has 0 atom stereocenters. The van der Waals surface area contributed by atoms with Crippen LogP contribution in [-0.4, -0.2) is 41.2 Å². The van der Waals surface area contributed by atoms with Crippen molar-refractivity contribution in [3.63, 3.8) is 0 Å². The molecular formula is C34H40FN3O3S. The topological polar surface area (TPSA) is 62.6 Å². The molecule has 8 heteroatoms. The molecule has 0 saturated heterocycles. The van der Waals surface area contributed by atoms with Crippen LogP contribution < -0.4 is 0 Å². The minimum Gasteiger partial charge on any atom is -0.345 e. The molecule has 222 valence electrons. The van der Waals surface area contributed by atoms with Crippen molar-refractivity contribution in [2.45, 2.75) is 59.1 Å². The number of nitrogens with zero attached hydrogens (tertiary/aromatic N) is 3. The quantitative estimate of drug-likeness (QED) is 0.190. The molecule has 4 aromatic rings. The number of sulfonamides is 1. The average molecular weight is 590 g/mol. The van der Waals surface area contributed by atoms with Crippen molar-refractivity contribution < 1.29 is 17.6 Å². The maximum absolute atomic E-state index is 14.1. The molecule has 0 radical (unpaired) electrons. The van der Waals surface area contributed by atoms with Gasteiger partial charge in [-0.15, -0.1) is 0 Å². The predicted octanol–water partition coefficient (Wildman–Crippen LogP) is 6.48. The Balaban J connectivity index is 1.65. The smallest absolute Gasteiger partial charge is 0.244 e. The lowest BCUT2D eigenvalue weighted by molar-refractivity contribution is -0.132. The molecule has 0 saturated carbocycles. The van der Waals surface area contributed by atoms with Gasteiger partial charge in [0.25, 0.3) is 0 Å². The normalized spacial score (nSPS) is 11.8. The van der Waals surface area contributed by atoms with Crippen LogP contribution in [0.25, 0.3) is 0 Å². The first-order valence-electron chi connectivity index (χ1n) is 14.2. The van der Waals surface area contributed by atoms with Crippen molar-refractivity contribution >= 4 is 15.9 Å². The molecule has 0 aliphatic carbocycles. The van der Waals surface area contributed by atoms with E-state index in [0.29, 0.717) is 30.8 Å². The fourth-order valence-electron chi connectivity index (χ4n) is 5.37. The molecule has 0 spiro atoms. The summed E-state index contributed by atoms with van der Waals surface area (Å²) >= 11 is 0. The van der Waals surface area contributed by atoms with Gasteiger partial charge in [-0.1, -0.05) is 74.0 Å². The number of aryl methyl sites for hydroxylation is 3. The molecule has 0 unspecified atom stereocenters. The Labute approximate surface area is 249 Å². The number of hydrogen-bond donors (Lipinski definition) is 0. The summed E-state index contributed by atoms with van der Waals surface area (Å²) in [4.78, 5) is 16.0. The van der Waals surface area contributed by atoms with Gasteiger partial charge in [-0.3, -0.25) is 4.79 Å². The summed E-state index contributed by atoms with van der Waals surface area (Å²) in [6.45, 7) is 10.6. The first kappa shape index (κ1) is 31.2. The Kier molecular flexibility index (Phi) is 10.0. The predicted molar refractivity (Wildman–Crippen MR) is 165 cm³/mol. The van der Waals surface area contributed by atoms with E-state index in [9.17, 15) is 17.6 Å². The Morgan fingerprint density at radius 1 is 0.857 bits per heavy atom. The Hall–Kier alpha value is -3.75. The van der Waals surface area contributed by atoms with E-state index in [4.69, 9.17) is 0 Å². The van der Waals surface area contributed by atoms with Crippen LogP contribution in [0.4, 0.5) is 4.39 Å². The molecule has 0 bridgehead atoms. The van der Waals surface area contributed by atoms with Crippen LogP contribution in [-0.2, 0) is 34.5 Å². The molecule has 1 aromatic heterocycles. The summed E-state index contributed by atoms with van der Waals surface area (Å²) in [5.74, 6) is -0.544. The summed E-state index contributed by atoms with van der Waals surface area (Å²) in [5, 5.41) is 0. The standard InChI is InChI=1S/C34H40FN3O3S/c1-25(2)20-38(42(40,41)34-27(4)18-26(3)19-28(34)5)24-33(39)37(22-29-10-7-6-8-11-29)23-32-12-9-17-36(32)21-30-13-15-31(35)16-14-30/h6-19,25H,20-24H2,1-5H3. The second kappa shape index (κ2) is 13.5. The van der Waals surface area contributed by atoms with Gasteiger partial charge in [-0.05, 0) is 73.2 Å². The molecule has 6 nitrogen and oxygen atoms in total. The highest BCUT2D eigenvalue weighted by molar-refractivity contribution is 7.89. The molecule has 3 aromatic carbocycles. The minimum absolute atomic E-state index is 0.0224. The third-order valence-electron chi connectivity index (χ3n) is 7.19. The zero-order chi connectivity index (χ0) is 30.4. The van der Waals surface area contributed by atoms with Gasteiger partial charge in [0.15, 0.2) is 0 Å². The molecule has 1 amide bonds. The van der Waals surface area contributed by atoms with Crippen molar-refractivity contribution in [1.82, 2.24) is 13.8 Å². The number of carbonyl (C=O) groups is 1. The van der Waals surface area contributed by atoms with Gasteiger partial charge in [0.1, 0.15) is 5.82 Å². The number of halogens is 1. The Bertz CT molecular complexity index is 1590. The second-order valence-corrected chi connectivity index (χ2v) is 13.3. The summed E-state index contributed by atoms with van der Waals surface area (Å²) < 4.78 is 44.9. The lowest BCUT2D eigenvalue weighted by Crippen LogP contribution is -2.44. The van der Waals surface area contributed by atoms with E-state index in [0.717, 1.165) is 22.4 Å². The van der Waals surface area contributed by atoms with Crippen molar-refractivity contribution in [2.24, 2.45) is 5.92 Å². The zero-order valence-electron chi connectivity index (χ0n) is 25.0. The largest absolute Gasteiger partial charge is 0.345 e. The second-order valence-electron chi connectivity index (χ2n) is 11.4. The van der Waals surface area contributed by atoms with Crippen LogP contribution in [0.15, 0.2) is 90.0 Å². The molecule has 0 fully saturated rings. The number of benzene rings is 3. The molecule has 42 heavy (non-hydrogen) atoms. The van der Waals surface area contributed by atoms with E-state index < -0.39 is 10.0 Å². The minimum atomic E-state index is -3.94. The number of rotatable bonds is 12. The molecule has 0 aliphatic rings. The highest BCUT2D eigenvalue weighted by Gasteiger charge is 2.32. The number of carbonyl (C=O) groups excluding carboxylic acids is 1. The number of amides is 1. The SMILES string of the molecule is Cc1cc(C)c(S(=O)(=O)N(CC(=O)N(Cc2ccccc2)Cc2cccn2Cc2ccc(F)cc2)CC(C)C)c(C)c1. The molecule has 1 heterocycles. The van der Waals surface area contributed by atoms with Crippen molar-refractivity contribution in [2.75, 3.05) is 13.1 Å². The first-order valence-corrected chi connectivity index (χ1v) is 15.7. The summed E-state index contributed by atoms with van der Waals surface area (Å²) in [5.41, 5.74) is 5.13. The highest BCUT2D eigenvalue weighted by atomic mass is 32.2. The van der Waals surface area contributed by atoms with Gasteiger partial charge >= 0.3 is 0 Å². The van der Waals surface area contributed by atoms with E-state index >= 15 is 0 Å². The lowest BCUT2D eigenvalue weighted by Gasteiger charge is -2.29. The van der Waals surface area contributed by atoms with Crippen molar-refractivity contribution in [3.05, 3.63) is 124 Å². The van der Waals surface area contributed by atoms with Crippen molar-refractivity contribution in [3.8, 4) is 0 Å². The Morgan fingerprint density at radius 2 is 1.50 bits per heavy atom. The van der Waals surface area contributed by atoms with E-state index in [2.05, 4.69) is 0 Å². The average Bonchev–Trinajstić information content (AvgIpc) is 3.35. The van der Waals surface area contributed by atoms with Gasteiger partial charge in [0.05, 0.1) is 18.0 Å².